The van der Waals surface area contributed by atoms with Crippen molar-refractivity contribution < 1.29 is 19.1 Å². The molecule has 6 heteroatoms. The molecule has 2 aliphatic rings. The van der Waals surface area contributed by atoms with E-state index in [1.807, 2.05) is 48.5 Å². The van der Waals surface area contributed by atoms with Gasteiger partial charge < -0.3 is 9.47 Å². The van der Waals surface area contributed by atoms with Crippen LogP contribution in [0.3, 0.4) is 0 Å². The average molecular weight is 479 g/mol. The molecule has 0 aromatic heterocycles. The Bertz CT molecular complexity index is 894. The predicted molar refractivity (Wildman–Crippen MR) is 139 cm³/mol. The van der Waals surface area contributed by atoms with E-state index in [-0.39, 0.29) is 24.4 Å². The second-order valence-corrected chi connectivity index (χ2v) is 10.2. The molecular weight excluding hydrogens is 440 g/mol. The summed E-state index contributed by atoms with van der Waals surface area (Å²) in [5.74, 6) is 0.842. The molecule has 0 saturated heterocycles. The lowest BCUT2D eigenvalue weighted by atomic mass is 9.88. The third-order valence-electron chi connectivity index (χ3n) is 7.39. The summed E-state index contributed by atoms with van der Waals surface area (Å²) in [4.78, 5) is 24.5. The van der Waals surface area contributed by atoms with E-state index in [2.05, 4.69) is 24.5 Å². The molecule has 4 rings (SSSR count). The zero-order valence-electron chi connectivity index (χ0n) is 20.9. The summed E-state index contributed by atoms with van der Waals surface area (Å²) in [7, 11) is 0. The van der Waals surface area contributed by atoms with Crippen LogP contribution in [0.5, 0.6) is 0 Å². The second-order valence-electron chi connectivity index (χ2n) is 10.2. The molecule has 2 aliphatic carbocycles. The van der Waals surface area contributed by atoms with Crippen LogP contribution in [0.15, 0.2) is 48.5 Å². The van der Waals surface area contributed by atoms with Gasteiger partial charge in [-0.05, 0) is 92.2 Å². The Morgan fingerprint density at radius 3 is 1.40 bits per heavy atom. The lowest BCUT2D eigenvalue weighted by molar-refractivity contribution is 0.0520. The number of amides is 2. The molecule has 0 heterocycles. The number of nitrogens with one attached hydrogen (secondary N) is 2. The lowest BCUT2D eigenvalue weighted by Crippen LogP contribution is -2.30. The van der Waals surface area contributed by atoms with E-state index >= 15 is 0 Å². The first-order valence-corrected chi connectivity index (χ1v) is 13.1. The van der Waals surface area contributed by atoms with Crippen molar-refractivity contribution in [2.24, 2.45) is 11.8 Å². The normalized spacial score (nSPS) is 24.3. The van der Waals surface area contributed by atoms with Crippen molar-refractivity contribution in [1.82, 2.24) is 0 Å². The standard InChI is InChI=1S/C29H38N2O4/c1-20-7-3-5-9-26(20)34-28(32)30-24-15-11-22(12-16-24)19-23-13-17-25(18-14-23)31-29(33)35-27-10-6-4-8-21(27)2/h11-18,20-21,26-27H,3-10,19H2,1-2H3,(H,30,32)(H,31,33)/t20-,21-,26-,27+/m0/s1. The molecule has 2 amide bonds. The highest BCUT2D eigenvalue weighted by molar-refractivity contribution is 5.85. The fourth-order valence-electron chi connectivity index (χ4n) is 5.13. The number of carbonyl (C=O) groups excluding carboxylic acids is 2. The molecule has 0 unspecified atom stereocenters. The minimum absolute atomic E-state index is 0.0122. The monoisotopic (exact) mass is 478 g/mol. The maximum Gasteiger partial charge on any atom is 0.411 e. The van der Waals surface area contributed by atoms with E-state index in [9.17, 15) is 9.59 Å². The number of hydrogen-bond donors (Lipinski definition) is 2. The van der Waals surface area contributed by atoms with Crippen molar-refractivity contribution in [3.05, 3.63) is 59.7 Å². The van der Waals surface area contributed by atoms with Gasteiger partial charge in [0.25, 0.3) is 0 Å². The number of hydrogen-bond acceptors (Lipinski definition) is 4. The Hall–Kier alpha value is -3.02. The van der Waals surface area contributed by atoms with Crippen LogP contribution in [0.4, 0.5) is 21.0 Å². The summed E-state index contributed by atoms with van der Waals surface area (Å²) in [5.41, 5.74) is 3.73. The smallest absolute Gasteiger partial charge is 0.411 e. The second kappa shape index (κ2) is 12.1. The molecule has 6 nitrogen and oxygen atoms in total. The highest BCUT2D eigenvalue weighted by atomic mass is 16.6. The zero-order chi connectivity index (χ0) is 24.6. The van der Waals surface area contributed by atoms with E-state index in [1.165, 1.54) is 12.8 Å². The summed E-state index contributed by atoms with van der Waals surface area (Å²) in [5, 5.41) is 5.69. The van der Waals surface area contributed by atoms with Crippen molar-refractivity contribution in [1.29, 1.82) is 0 Å². The molecule has 0 radical (unpaired) electrons. The van der Waals surface area contributed by atoms with Gasteiger partial charge in [0.05, 0.1) is 0 Å². The van der Waals surface area contributed by atoms with Gasteiger partial charge in [0.15, 0.2) is 0 Å². The fraction of sp³-hybridized carbons (Fsp3) is 0.517. The van der Waals surface area contributed by atoms with Crippen LogP contribution >= 0.6 is 0 Å². The Morgan fingerprint density at radius 2 is 1.03 bits per heavy atom. The minimum Gasteiger partial charge on any atom is -0.446 e. The van der Waals surface area contributed by atoms with Crippen LogP contribution in [0.1, 0.15) is 76.3 Å². The molecule has 0 spiro atoms. The van der Waals surface area contributed by atoms with Gasteiger partial charge in [-0.2, -0.15) is 0 Å². The number of benzene rings is 2. The van der Waals surface area contributed by atoms with Crippen LogP contribution < -0.4 is 10.6 Å². The number of rotatable bonds is 6. The first-order chi connectivity index (χ1) is 17.0. The molecule has 4 atom stereocenters. The van der Waals surface area contributed by atoms with Gasteiger partial charge in [0, 0.05) is 11.4 Å². The van der Waals surface area contributed by atoms with Crippen molar-refractivity contribution in [2.75, 3.05) is 10.6 Å². The summed E-state index contributed by atoms with van der Waals surface area (Å²) >= 11 is 0. The van der Waals surface area contributed by atoms with Crippen LogP contribution in [0.2, 0.25) is 0 Å². The molecule has 0 bridgehead atoms. The highest BCUT2D eigenvalue weighted by Gasteiger charge is 2.25. The van der Waals surface area contributed by atoms with Gasteiger partial charge in [-0.1, -0.05) is 51.0 Å². The van der Waals surface area contributed by atoms with Crippen molar-refractivity contribution in [3.8, 4) is 0 Å². The van der Waals surface area contributed by atoms with Crippen molar-refractivity contribution in [3.63, 3.8) is 0 Å². The molecule has 2 saturated carbocycles. The summed E-state index contributed by atoms with van der Waals surface area (Å²) < 4.78 is 11.3. The average Bonchev–Trinajstić information content (AvgIpc) is 2.84. The molecule has 35 heavy (non-hydrogen) atoms. The third kappa shape index (κ3) is 7.48. The summed E-state index contributed by atoms with van der Waals surface area (Å²) in [6.45, 7) is 4.30. The van der Waals surface area contributed by atoms with E-state index in [0.717, 1.165) is 67.4 Å². The van der Waals surface area contributed by atoms with Crippen molar-refractivity contribution in [2.45, 2.75) is 83.8 Å². The topological polar surface area (TPSA) is 76.7 Å². The number of anilines is 2. The third-order valence-corrected chi connectivity index (χ3v) is 7.39. The van der Waals surface area contributed by atoms with Crippen LogP contribution in [0.25, 0.3) is 0 Å². The van der Waals surface area contributed by atoms with Gasteiger partial charge in [-0.25, -0.2) is 9.59 Å². The molecule has 2 aromatic rings. The van der Waals surface area contributed by atoms with Gasteiger partial charge in [0.2, 0.25) is 0 Å². The lowest BCUT2D eigenvalue weighted by Gasteiger charge is -2.28. The molecule has 2 fully saturated rings. The van der Waals surface area contributed by atoms with E-state index < -0.39 is 0 Å². The number of ether oxygens (including phenoxy) is 2. The number of carbonyl (C=O) groups is 2. The molecule has 188 valence electrons. The molecule has 2 N–H and O–H groups in total. The molecular formula is C29H38N2O4. The van der Waals surface area contributed by atoms with Crippen molar-refractivity contribution >= 4 is 23.6 Å². The largest absolute Gasteiger partial charge is 0.446 e. The van der Waals surface area contributed by atoms with Crippen LogP contribution in [0, 0.1) is 11.8 Å². The van der Waals surface area contributed by atoms with Gasteiger partial charge in [-0.3, -0.25) is 10.6 Å². The SMILES string of the molecule is C[C@H]1CCCC[C@@H]1OC(=O)Nc1ccc(Cc2ccc(NC(=O)O[C@@H]3CCCC[C@@H]3C)cc2)cc1. The first-order valence-electron chi connectivity index (χ1n) is 13.1. The Kier molecular flexibility index (Phi) is 8.67. The van der Waals surface area contributed by atoms with E-state index in [1.54, 1.807) is 0 Å². The van der Waals surface area contributed by atoms with E-state index in [4.69, 9.17) is 9.47 Å². The fourth-order valence-corrected chi connectivity index (χ4v) is 5.13. The van der Waals surface area contributed by atoms with Gasteiger partial charge >= 0.3 is 12.2 Å². The predicted octanol–water partition coefficient (Wildman–Crippen LogP) is 7.53. The van der Waals surface area contributed by atoms with Crippen LogP contribution in [-0.4, -0.2) is 24.4 Å². The Morgan fingerprint density at radius 1 is 0.657 bits per heavy atom. The van der Waals surface area contributed by atoms with E-state index in [0.29, 0.717) is 11.8 Å². The highest BCUT2D eigenvalue weighted by Crippen LogP contribution is 2.28. The maximum atomic E-state index is 12.3. The minimum atomic E-state index is -0.379. The molecule has 0 aliphatic heterocycles. The van der Waals surface area contributed by atoms with Crippen LogP contribution in [-0.2, 0) is 15.9 Å². The maximum absolute atomic E-state index is 12.3. The first kappa shape index (κ1) is 25.1. The summed E-state index contributed by atoms with van der Waals surface area (Å²) in [6.07, 6.45) is 8.84. The van der Waals surface area contributed by atoms with Gasteiger partial charge in [0.1, 0.15) is 12.2 Å². The summed E-state index contributed by atoms with van der Waals surface area (Å²) in [6, 6.07) is 15.6. The Labute approximate surface area is 208 Å². The van der Waals surface area contributed by atoms with Gasteiger partial charge in [-0.15, -0.1) is 0 Å². The zero-order valence-corrected chi connectivity index (χ0v) is 20.9. The Balaban J connectivity index is 1.23. The molecule has 2 aromatic carbocycles. The quantitative estimate of drug-likeness (QED) is 0.450.